The molecule has 2 aromatic rings. The molecule has 0 bridgehead atoms. The Kier molecular flexibility index (Phi) is 5.35. The van der Waals surface area contributed by atoms with Crippen LogP contribution < -0.4 is 10.6 Å². The molecule has 1 aromatic carbocycles. The minimum Gasteiger partial charge on any atom is -0.506 e. The van der Waals surface area contributed by atoms with Crippen molar-refractivity contribution in [2.75, 3.05) is 11.9 Å². The highest BCUT2D eigenvalue weighted by molar-refractivity contribution is 9.11. The summed E-state index contributed by atoms with van der Waals surface area (Å²) in [5, 5.41) is 17.7. The van der Waals surface area contributed by atoms with Crippen LogP contribution in [0.5, 0.6) is 5.75 Å². The SMILES string of the molecule is CC(C)N1CCc2c(sc3c2C(=O)N[C@H](c2c(Br)cc(Br)c(O)c2Br)N3)C1. The van der Waals surface area contributed by atoms with Crippen molar-refractivity contribution in [3.05, 3.63) is 41.1 Å². The molecule has 0 unspecified atom stereocenters. The molecule has 0 fully saturated rings. The van der Waals surface area contributed by atoms with Crippen LogP contribution in [0.2, 0.25) is 0 Å². The number of carbonyl (C=O) groups excluding carboxylic acids is 1. The number of anilines is 1. The summed E-state index contributed by atoms with van der Waals surface area (Å²) in [5.41, 5.74) is 2.71. The van der Waals surface area contributed by atoms with Crippen LogP contribution in [0.25, 0.3) is 0 Å². The molecule has 0 radical (unpaired) electrons. The lowest BCUT2D eigenvalue weighted by atomic mass is 9.99. The molecule has 3 heterocycles. The van der Waals surface area contributed by atoms with Gasteiger partial charge in [-0.25, -0.2) is 0 Å². The highest BCUT2D eigenvalue weighted by Crippen LogP contribution is 2.46. The second-order valence-corrected chi connectivity index (χ2v) is 10.6. The van der Waals surface area contributed by atoms with Gasteiger partial charge in [0.2, 0.25) is 0 Å². The van der Waals surface area contributed by atoms with Gasteiger partial charge in [0.25, 0.3) is 5.91 Å². The van der Waals surface area contributed by atoms with Gasteiger partial charge >= 0.3 is 0 Å². The molecule has 0 saturated heterocycles. The van der Waals surface area contributed by atoms with Crippen LogP contribution in [0.3, 0.4) is 0 Å². The number of carbonyl (C=O) groups is 1. The first-order chi connectivity index (χ1) is 12.8. The standard InChI is InChI=1S/C18H18Br3N3O2S/c1-7(2)24-4-3-8-11(6-24)27-18-12(8)17(26)22-16(23-18)13-9(19)5-10(20)15(25)14(13)21/h5,7,16,23,25H,3-4,6H2,1-2H3,(H,22,26)/t16-/m0/s1. The van der Waals surface area contributed by atoms with Gasteiger partial charge in [0, 0.05) is 34.0 Å². The van der Waals surface area contributed by atoms with E-state index in [2.05, 4.69) is 77.2 Å². The second-order valence-electron chi connectivity index (χ2n) is 6.99. The van der Waals surface area contributed by atoms with Gasteiger partial charge in [-0.15, -0.1) is 11.3 Å². The lowest BCUT2D eigenvalue weighted by Gasteiger charge is -2.31. The van der Waals surface area contributed by atoms with E-state index in [1.54, 1.807) is 17.4 Å². The lowest BCUT2D eigenvalue weighted by molar-refractivity contribution is 0.0934. The summed E-state index contributed by atoms with van der Waals surface area (Å²) < 4.78 is 1.90. The summed E-state index contributed by atoms with van der Waals surface area (Å²) in [6.07, 6.45) is 0.458. The molecule has 1 aromatic heterocycles. The van der Waals surface area contributed by atoms with Crippen molar-refractivity contribution in [2.24, 2.45) is 0 Å². The van der Waals surface area contributed by atoms with Gasteiger partial charge < -0.3 is 15.7 Å². The molecule has 3 N–H and O–H groups in total. The van der Waals surface area contributed by atoms with Gasteiger partial charge in [-0.3, -0.25) is 9.69 Å². The fourth-order valence-corrected chi connectivity index (χ4v) is 7.46. The van der Waals surface area contributed by atoms with Gasteiger partial charge in [-0.2, -0.15) is 0 Å². The number of aromatic hydroxyl groups is 1. The Hall–Kier alpha value is -0.610. The minimum absolute atomic E-state index is 0.0644. The first-order valence-electron chi connectivity index (χ1n) is 8.60. The fraction of sp³-hybridized carbons (Fsp3) is 0.389. The number of amides is 1. The van der Waals surface area contributed by atoms with Crippen molar-refractivity contribution in [3.63, 3.8) is 0 Å². The average molecular weight is 580 g/mol. The molecule has 4 rings (SSSR count). The molecular formula is C18H18Br3N3O2S. The summed E-state index contributed by atoms with van der Waals surface area (Å²) in [6, 6.07) is 2.27. The predicted octanol–water partition coefficient (Wildman–Crippen LogP) is 5.36. The third-order valence-corrected chi connectivity index (χ3v) is 8.28. The Morgan fingerprint density at radius 2 is 2.00 bits per heavy atom. The number of benzene rings is 1. The topological polar surface area (TPSA) is 64.6 Å². The van der Waals surface area contributed by atoms with Crippen molar-refractivity contribution in [1.29, 1.82) is 0 Å². The first-order valence-corrected chi connectivity index (χ1v) is 11.8. The van der Waals surface area contributed by atoms with Crippen LogP contribution >= 0.6 is 59.1 Å². The number of fused-ring (bicyclic) bond motifs is 3. The summed E-state index contributed by atoms with van der Waals surface area (Å²) in [7, 11) is 0. The van der Waals surface area contributed by atoms with E-state index in [1.165, 1.54) is 10.4 Å². The minimum atomic E-state index is -0.436. The Morgan fingerprint density at radius 3 is 2.70 bits per heavy atom. The molecule has 1 amide bonds. The predicted molar refractivity (Wildman–Crippen MR) is 119 cm³/mol. The van der Waals surface area contributed by atoms with Crippen LogP contribution in [-0.4, -0.2) is 28.5 Å². The molecule has 27 heavy (non-hydrogen) atoms. The molecule has 9 heteroatoms. The van der Waals surface area contributed by atoms with Gasteiger partial charge in [0.05, 0.1) is 14.5 Å². The Bertz CT molecular complexity index is 945. The average Bonchev–Trinajstić information content (AvgIpc) is 2.97. The van der Waals surface area contributed by atoms with Gasteiger partial charge in [-0.05, 0) is 63.8 Å². The van der Waals surface area contributed by atoms with E-state index < -0.39 is 6.17 Å². The maximum atomic E-state index is 12.9. The monoisotopic (exact) mass is 577 g/mol. The molecule has 0 saturated carbocycles. The maximum Gasteiger partial charge on any atom is 0.256 e. The zero-order valence-corrected chi connectivity index (χ0v) is 20.3. The van der Waals surface area contributed by atoms with E-state index in [9.17, 15) is 9.90 Å². The zero-order valence-electron chi connectivity index (χ0n) is 14.7. The van der Waals surface area contributed by atoms with E-state index in [0.717, 1.165) is 40.1 Å². The third-order valence-electron chi connectivity index (χ3n) is 5.06. The molecule has 2 aliphatic rings. The normalized spacial score (nSPS) is 19.5. The van der Waals surface area contributed by atoms with E-state index in [0.29, 0.717) is 15.0 Å². The quantitative estimate of drug-likeness (QED) is 0.448. The number of hydrogen-bond donors (Lipinski definition) is 3. The van der Waals surface area contributed by atoms with E-state index in [1.807, 2.05) is 0 Å². The molecule has 144 valence electrons. The maximum absolute atomic E-state index is 12.9. The van der Waals surface area contributed by atoms with Crippen LogP contribution in [0.1, 0.15) is 46.4 Å². The number of rotatable bonds is 2. The molecule has 5 nitrogen and oxygen atoms in total. The zero-order chi connectivity index (χ0) is 19.5. The molecular weight excluding hydrogens is 562 g/mol. The van der Waals surface area contributed by atoms with Crippen molar-refractivity contribution in [1.82, 2.24) is 10.2 Å². The number of thiophene rings is 1. The highest BCUT2D eigenvalue weighted by atomic mass is 79.9. The Morgan fingerprint density at radius 1 is 1.26 bits per heavy atom. The number of nitrogens with zero attached hydrogens (tertiary/aromatic N) is 1. The molecule has 0 spiro atoms. The Balaban J connectivity index is 1.72. The number of phenols is 1. The van der Waals surface area contributed by atoms with Crippen LogP contribution in [0, 0.1) is 0 Å². The Labute approximate surface area is 186 Å². The van der Waals surface area contributed by atoms with Crippen molar-refractivity contribution < 1.29 is 9.90 Å². The summed E-state index contributed by atoms with van der Waals surface area (Å²) in [4.78, 5) is 16.6. The molecule has 1 atom stereocenters. The van der Waals surface area contributed by atoms with Gasteiger partial charge in [0.15, 0.2) is 0 Å². The highest BCUT2D eigenvalue weighted by Gasteiger charge is 2.35. The summed E-state index contributed by atoms with van der Waals surface area (Å²) in [6.45, 7) is 6.27. The molecule has 0 aliphatic carbocycles. The van der Waals surface area contributed by atoms with Gasteiger partial charge in [0.1, 0.15) is 16.9 Å². The van der Waals surface area contributed by atoms with E-state index in [-0.39, 0.29) is 11.7 Å². The van der Waals surface area contributed by atoms with Crippen molar-refractivity contribution >= 4 is 70.0 Å². The van der Waals surface area contributed by atoms with E-state index >= 15 is 0 Å². The van der Waals surface area contributed by atoms with Crippen molar-refractivity contribution in [2.45, 2.75) is 39.0 Å². The summed E-state index contributed by atoms with van der Waals surface area (Å²) in [5.74, 6) is 0.0403. The number of hydrogen-bond acceptors (Lipinski definition) is 5. The summed E-state index contributed by atoms with van der Waals surface area (Å²) >= 11 is 12.0. The van der Waals surface area contributed by atoms with Crippen LogP contribution in [0.4, 0.5) is 5.00 Å². The number of phenolic OH excluding ortho intramolecular Hbond substituents is 1. The van der Waals surface area contributed by atoms with E-state index in [4.69, 9.17) is 0 Å². The van der Waals surface area contributed by atoms with Crippen LogP contribution in [0.15, 0.2) is 19.5 Å². The van der Waals surface area contributed by atoms with Crippen LogP contribution in [-0.2, 0) is 13.0 Å². The number of nitrogens with one attached hydrogen (secondary N) is 2. The fourth-order valence-electron chi connectivity index (χ4n) is 3.58. The number of halogens is 3. The second kappa shape index (κ2) is 7.33. The first kappa shape index (κ1) is 19.7. The third kappa shape index (κ3) is 3.35. The molecule has 2 aliphatic heterocycles. The lowest BCUT2D eigenvalue weighted by Crippen LogP contribution is -2.39. The largest absolute Gasteiger partial charge is 0.506 e. The smallest absolute Gasteiger partial charge is 0.256 e. The van der Waals surface area contributed by atoms with Crippen molar-refractivity contribution in [3.8, 4) is 5.75 Å². The van der Waals surface area contributed by atoms with Gasteiger partial charge in [-0.1, -0.05) is 15.9 Å².